The molecule has 0 aliphatic rings. The van der Waals surface area contributed by atoms with Crippen molar-refractivity contribution in [2.45, 2.75) is 50.6 Å². The predicted octanol–water partition coefficient (Wildman–Crippen LogP) is 8.35. The number of aliphatic carboxylic acids is 2. The Morgan fingerprint density at radius 3 is 1.13 bits per heavy atom. The molecule has 7 aromatic rings. The average Bonchev–Trinajstić information content (AvgIpc) is 3.70. The van der Waals surface area contributed by atoms with E-state index in [1.807, 2.05) is 106 Å². The Hall–Kier alpha value is -6.42. The maximum atomic E-state index is 13.0. The molecule has 0 saturated carbocycles. The molecule has 4 N–H and O–H groups in total. The van der Waals surface area contributed by atoms with Crippen molar-refractivity contribution in [1.29, 1.82) is 0 Å². The van der Waals surface area contributed by atoms with Gasteiger partial charge >= 0.3 is 11.9 Å². The molecule has 5 aromatic carbocycles. The van der Waals surface area contributed by atoms with Gasteiger partial charge in [-0.3, -0.25) is 9.59 Å². The molecule has 0 fully saturated rings. The Bertz CT molecular complexity index is 2220. The van der Waals surface area contributed by atoms with Crippen molar-refractivity contribution < 1.29 is 29.4 Å². The summed E-state index contributed by atoms with van der Waals surface area (Å²) in [5.41, 5.74) is 4.23. The predicted molar refractivity (Wildman–Crippen MR) is 211 cm³/mol. The first-order valence-electron chi connectivity index (χ1n) is 18.4. The fourth-order valence-electron chi connectivity index (χ4n) is 7.64. The molecule has 0 aliphatic heterocycles. The number of aromatic nitrogens is 2. The van der Waals surface area contributed by atoms with Crippen molar-refractivity contribution in [2.24, 2.45) is 0 Å². The molecule has 2 aromatic heterocycles. The quantitative estimate of drug-likeness (QED) is 0.0739. The van der Waals surface area contributed by atoms with E-state index in [4.69, 9.17) is 0 Å². The van der Waals surface area contributed by atoms with Gasteiger partial charge in [-0.2, -0.15) is 0 Å². The topological polar surface area (TPSA) is 143 Å². The second-order valence-electron chi connectivity index (χ2n) is 13.6. The third kappa shape index (κ3) is 7.28. The molecule has 0 saturated heterocycles. The highest BCUT2D eigenvalue weighted by Crippen LogP contribution is 2.35. The summed E-state index contributed by atoms with van der Waals surface area (Å²) in [4.78, 5) is 50.9. The van der Waals surface area contributed by atoms with Gasteiger partial charge in [0.1, 0.15) is 12.1 Å². The smallest absolute Gasteiger partial charge is 0.326 e. The second kappa shape index (κ2) is 16.1. The van der Waals surface area contributed by atoms with Crippen LogP contribution < -0.4 is 10.6 Å². The lowest BCUT2D eigenvalue weighted by Crippen LogP contribution is -2.27. The molecule has 54 heavy (non-hydrogen) atoms. The van der Waals surface area contributed by atoms with E-state index < -0.39 is 24.0 Å². The van der Waals surface area contributed by atoms with E-state index in [0.717, 1.165) is 43.6 Å². The van der Waals surface area contributed by atoms with Crippen LogP contribution in [0.4, 0.5) is 0 Å². The Kier molecular flexibility index (Phi) is 10.7. The molecule has 0 aliphatic carbocycles. The lowest BCUT2D eigenvalue weighted by Gasteiger charge is -2.17. The monoisotopic (exact) mass is 722 g/mol. The number of nitrogens with one attached hydrogen (secondary N) is 2. The zero-order chi connectivity index (χ0) is 37.6. The summed E-state index contributed by atoms with van der Waals surface area (Å²) in [5.74, 6) is -2.42. The third-order valence-corrected chi connectivity index (χ3v) is 10.2. The number of benzene rings is 5. The highest BCUT2D eigenvalue weighted by Gasteiger charge is 2.25. The van der Waals surface area contributed by atoms with E-state index >= 15 is 0 Å². The van der Waals surface area contributed by atoms with E-state index in [0.29, 0.717) is 62.7 Å². The second-order valence-corrected chi connectivity index (χ2v) is 13.6. The van der Waals surface area contributed by atoms with Gasteiger partial charge in [0.2, 0.25) is 0 Å². The van der Waals surface area contributed by atoms with Crippen LogP contribution in [0.1, 0.15) is 71.3 Å². The van der Waals surface area contributed by atoms with Crippen molar-refractivity contribution in [1.82, 2.24) is 19.8 Å². The molecule has 0 unspecified atom stereocenters. The minimum Gasteiger partial charge on any atom is -0.480 e. The van der Waals surface area contributed by atoms with Crippen LogP contribution in [0, 0.1) is 0 Å². The number of carboxylic acid groups (broad SMARTS) is 2. The Balaban J connectivity index is 0.888. The third-order valence-electron chi connectivity index (χ3n) is 10.2. The number of para-hydroxylation sites is 4. The molecule has 10 nitrogen and oxygen atoms in total. The summed E-state index contributed by atoms with van der Waals surface area (Å²) in [5, 5.41) is 30.3. The summed E-state index contributed by atoms with van der Waals surface area (Å²) < 4.78 is 3.81. The summed E-state index contributed by atoms with van der Waals surface area (Å²) in [7, 11) is 0. The van der Waals surface area contributed by atoms with Gasteiger partial charge in [-0.25, -0.2) is 9.59 Å². The van der Waals surface area contributed by atoms with Crippen LogP contribution >= 0.6 is 0 Å². The number of unbranched alkanes of at least 4 members (excludes halogenated alkanes) is 2. The molecule has 0 radical (unpaired) electrons. The number of carboxylic acids is 2. The van der Waals surface area contributed by atoms with Gasteiger partial charge in [-0.15, -0.1) is 0 Å². The fraction of sp³-hybridized carbons (Fsp3) is 0.227. The van der Waals surface area contributed by atoms with Crippen LogP contribution in [0.25, 0.3) is 43.6 Å². The van der Waals surface area contributed by atoms with Crippen LogP contribution in [0.5, 0.6) is 0 Å². The number of hydrogen-bond acceptors (Lipinski definition) is 4. The van der Waals surface area contributed by atoms with E-state index in [2.05, 4.69) is 10.6 Å². The first kappa shape index (κ1) is 36.0. The van der Waals surface area contributed by atoms with E-state index in [1.54, 1.807) is 24.3 Å². The summed E-state index contributed by atoms with van der Waals surface area (Å²) in [6.45, 7) is 0.724. The molecular formula is C44H42N4O6. The number of rotatable bonds is 16. The molecule has 2 heterocycles. The Labute approximate surface area is 312 Å². The molecular weight excluding hydrogens is 681 g/mol. The zero-order valence-electron chi connectivity index (χ0n) is 29.8. The van der Waals surface area contributed by atoms with Gasteiger partial charge in [0, 0.05) is 67.8 Å². The minimum atomic E-state index is -0.899. The van der Waals surface area contributed by atoms with Crippen molar-refractivity contribution in [3.63, 3.8) is 0 Å². The van der Waals surface area contributed by atoms with Crippen molar-refractivity contribution in [3.8, 4) is 0 Å². The zero-order valence-corrected chi connectivity index (χ0v) is 29.8. The molecule has 2 amide bonds. The lowest BCUT2D eigenvalue weighted by molar-refractivity contribution is -0.141. The number of amides is 2. The van der Waals surface area contributed by atoms with Crippen molar-refractivity contribution in [2.75, 3.05) is 13.1 Å². The molecule has 0 bridgehead atoms. The molecule has 7 rings (SSSR count). The van der Waals surface area contributed by atoms with Crippen LogP contribution in [-0.4, -0.2) is 56.2 Å². The van der Waals surface area contributed by atoms with Crippen LogP contribution in [-0.2, 0) is 9.59 Å². The van der Waals surface area contributed by atoms with Crippen LogP contribution in [0.2, 0.25) is 0 Å². The van der Waals surface area contributed by atoms with Crippen molar-refractivity contribution in [3.05, 3.63) is 132 Å². The van der Waals surface area contributed by atoms with E-state index in [-0.39, 0.29) is 11.8 Å². The Morgan fingerprint density at radius 2 is 0.796 bits per heavy atom. The maximum Gasteiger partial charge on any atom is 0.326 e. The minimum absolute atomic E-state index is 0.313. The van der Waals surface area contributed by atoms with Gasteiger partial charge in [0.05, 0.1) is 0 Å². The molecule has 274 valence electrons. The van der Waals surface area contributed by atoms with Crippen molar-refractivity contribution >= 4 is 67.4 Å². The van der Waals surface area contributed by atoms with Gasteiger partial charge in [0.25, 0.3) is 11.8 Å². The maximum absolute atomic E-state index is 13.0. The normalized spacial score (nSPS) is 12.6. The standard InChI is InChI=1S/C44H42N4O6/c49-41(45-26-11-9-24-39(43(51)52)47-35-20-5-1-16-31(35)32-17-2-6-21-36(32)47)29-14-13-15-30(28-29)42(50)46-27-12-10-25-40(44(53)54)48-37-22-7-3-18-33(37)34-19-4-8-23-38(34)48/h1-8,13-23,28,39-40H,9-12,24-27H2,(H,45,49)(H,46,50)(H,51,52)(H,53,54)/t39-,40-/m0/s1. The highest BCUT2D eigenvalue weighted by molar-refractivity contribution is 6.10. The number of nitrogens with zero attached hydrogens (tertiary/aromatic N) is 2. The van der Waals surface area contributed by atoms with Gasteiger partial charge < -0.3 is 30.0 Å². The number of fused-ring (bicyclic) bond motifs is 6. The SMILES string of the molecule is O=C(NCCCC[C@@H](C(=O)O)n1c2ccccc2c2ccccc21)c1cccc(C(=O)NCCCC[C@@H](C(=O)O)n2c3ccccc3c3ccccc32)c1. The lowest BCUT2D eigenvalue weighted by atomic mass is 10.1. The summed E-state index contributed by atoms with van der Waals surface area (Å²) in [6, 6.07) is 36.3. The Morgan fingerprint density at radius 1 is 0.463 bits per heavy atom. The molecule has 0 spiro atoms. The van der Waals surface area contributed by atoms with E-state index in [9.17, 15) is 29.4 Å². The fourth-order valence-corrected chi connectivity index (χ4v) is 7.64. The largest absolute Gasteiger partial charge is 0.480 e. The van der Waals surface area contributed by atoms with Crippen LogP contribution in [0.3, 0.4) is 0 Å². The molecule has 10 heteroatoms. The highest BCUT2D eigenvalue weighted by atomic mass is 16.4. The average molecular weight is 723 g/mol. The number of hydrogen-bond donors (Lipinski definition) is 4. The first-order valence-corrected chi connectivity index (χ1v) is 18.4. The summed E-state index contributed by atoms with van der Waals surface area (Å²) >= 11 is 0. The summed E-state index contributed by atoms with van der Waals surface area (Å²) in [6.07, 6.45) is 3.17. The molecule has 2 atom stereocenters. The van der Waals surface area contributed by atoms with Crippen LogP contribution in [0.15, 0.2) is 121 Å². The number of carbonyl (C=O) groups is 4. The number of carbonyl (C=O) groups excluding carboxylic acids is 2. The van der Waals surface area contributed by atoms with Gasteiger partial charge in [0.15, 0.2) is 0 Å². The van der Waals surface area contributed by atoms with Gasteiger partial charge in [-0.1, -0.05) is 78.9 Å². The van der Waals surface area contributed by atoms with Gasteiger partial charge in [-0.05, 0) is 81.0 Å². The first-order chi connectivity index (χ1) is 26.3. The van der Waals surface area contributed by atoms with E-state index in [1.165, 1.54) is 0 Å².